The smallest absolute Gasteiger partial charge is 0.223 e. The number of carbonyl (C=O) groups excluding carboxylic acids is 1. The number of carbonyl (C=O) groups is 1. The molecule has 1 amide bonds. The summed E-state index contributed by atoms with van der Waals surface area (Å²) in [7, 11) is 0. The Balaban J connectivity index is 1.49. The second-order valence-corrected chi connectivity index (χ2v) is 6.37. The van der Waals surface area contributed by atoms with Crippen molar-refractivity contribution in [2.75, 3.05) is 6.54 Å². The predicted octanol–water partition coefficient (Wildman–Crippen LogP) is 2.42. The number of aryl methyl sites for hydroxylation is 2. The number of hydrogen-bond donors (Lipinski definition) is 2. The van der Waals surface area contributed by atoms with Crippen LogP contribution in [-0.4, -0.2) is 42.5 Å². The molecule has 0 spiro atoms. The summed E-state index contributed by atoms with van der Waals surface area (Å²) in [5, 5.41) is 6.85. The van der Waals surface area contributed by atoms with E-state index in [4.69, 9.17) is 0 Å². The first-order valence-corrected chi connectivity index (χ1v) is 8.42. The summed E-state index contributed by atoms with van der Waals surface area (Å²) in [5.41, 5.74) is 1.37. The molecule has 7 nitrogen and oxygen atoms in total. The summed E-state index contributed by atoms with van der Waals surface area (Å²) < 4.78 is 13.4. The highest BCUT2D eigenvalue weighted by atomic mass is 19.1. The van der Waals surface area contributed by atoms with Crippen molar-refractivity contribution in [3.05, 3.63) is 41.5 Å². The van der Waals surface area contributed by atoms with Crippen LogP contribution in [0.25, 0.3) is 11.0 Å². The van der Waals surface area contributed by atoms with Crippen LogP contribution in [0.1, 0.15) is 42.8 Å². The van der Waals surface area contributed by atoms with Gasteiger partial charge in [0.05, 0.1) is 17.1 Å². The molecule has 1 aromatic carbocycles. The standard InChI is InChI=1S/C17H19FN6O/c1-10-19-15(23-22-10)6-7-16(25)24-8-2-3-14(24)17-20-12-5-4-11(18)9-13(12)21-17/h4-5,9,14H,2-3,6-8H2,1H3,(H,20,21)(H,19,22,23). The van der Waals surface area contributed by atoms with Crippen LogP contribution >= 0.6 is 0 Å². The number of aromatic amines is 2. The van der Waals surface area contributed by atoms with Crippen molar-refractivity contribution in [1.82, 2.24) is 30.0 Å². The lowest BCUT2D eigenvalue weighted by molar-refractivity contribution is -0.132. The Morgan fingerprint density at radius 3 is 3.08 bits per heavy atom. The zero-order valence-electron chi connectivity index (χ0n) is 13.9. The first-order valence-electron chi connectivity index (χ1n) is 8.42. The molecular weight excluding hydrogens is 323 g/mol. The summed E-state index contributed by atoms with van der Waals surface area (Å²) in [6.07, 6.45) is 2.66. The van der Waals surface area contributed by atoms with Crippen molar-refractivity contribution in [3.63, 3.8) is 0 Å². The number of imidazole rings is 1. The van der Waals surface area contributed by atoms with Gasteiger partial charge in [0, 0.05) is 19.4 Å². The third-order valence-corrected chi connectivity index (χ3v) is 4.56. The Bertz CT molecular complexity index is 917. The Kier molecular flexibility index (Phi) is 3.95. The van der Waals surface area contributed by atoms with Crippen LogP contribution in [0, 0.1) is 12.7 Å². The van der Waals surface area contributed by atoms with Gasteiger partial charge in [-0.1, -0.05) is 0 Å². The van der Waals surface area contributed by atoms with E-state index in [1.807, 2.05) is 11.8 Å². The number of nitrogens with zero attached hydrogens (tertiary/aromatic N) is 4. The number of nitrogens with one attached hydrogen (secondary N) is 2. The van der Waals surface area contributed by atoms with Crippen LogP contribution < -0.4 is 0 Å². The summed E-state index contributed by atoms with van der Waals surface area (Å²) >= 11 is 0. The van der Waals surface area contributed by atoms with Crippen molar-refractivity contribution in [1.29, 1.82) is 0 Å². The first kappa shape index (κ1) is 15.7. The molecule has 8 heteroatoms. The molecule has 2 N–H and O–H groups in total. The fraction of sp³-hybridized carbons (Fsp3) is 0.412. The van der Waals surface area contributed by atoms with Gasteiger partial charge in [-0.15, -0.1) is 0 Å². The minimum Gasteiger partial charge on any atom is -0.340 e. The number of likely N-dealkylation sites (tertiary alicyclic amines) is 1. The van der Waals surface area contributed by atoms with E-state index in [2.05, 4.69) is 25.1 Å². The minimum atomic E-state index is -0.302. The average Bonchev–Trinajstić information content (AvgIpc) is 3.30. The molecule has 0 radical (unpaired) electrons. The highest BCUT2D eigenvalue weighted by Crippen LogP contribution is 2.32. The number of benzene rings is 1. The fourth-order valence-electron chi connectivity index (χ4n) is 3.37. The molecule has 3 aromatic rings. The lowest BCUT2D eigenvalue weighted by atomic mass is 10.2. The van der Waals surface area contributed by atoms with Gasteiger partial charge < -0.3 is 9.88 Å². The molecule has 1 atom stereocenters. The van der Waals surface area contributed by atoms with Gasteiger partial charge in [0.1, 0.15) is 17.5 Å². The molecule has 0 saturated carbocycles. The van der Waals surface area contributed by atoms with Gasteiger partial charge in [-0.25, -0.2) is 14.4 Å². The number of amides is 1. The number of aromatic nitrogens is 5. The molecular formula is C17H19FN6O. The second kappa shape index (κ2) is 6.27. The monoisotopic (exact) mass is 342 g/mol. The summed E-state index contributed by atoms with van der Waals surface area (Å²) in [6.45, 7) is 2.54. The third-order valence-electron chi connectivity index (χ3n) is 4.56. The van der Waals surface area contributed by atoms with E-state index >= 15 is 0 Å². The zero-order chi connectivity index (χ0) is 17.4. The van der Waals surface area contributed by atoms with Crippen LogP contribution in [-0.2, 0) is 11.2 Å². The van der Waals surface area contributed by atoms with Gasteiger partial charge >= 0.3 is 0 Å². The highest BCUT2D eigenvalue weighted by molar-refractivity contribution is 5.78. The minimum absolute atomic E-state index is 0.0663. The molecule has 25 heavy (non-hydrogen) atoms. The molecule has 0 aliphatic carbocycles. The van der Waals surface area contributed by atoms with E-state index in [0.717, 1.165) is 24.5 Å². The molecule has 3 heterocycles. The van der Waals surface area contributed by atoms with Crippen LogP contribution in [0.15, 0.2) is 18.2 Å². The maximum Gasteiger partial charge on any atom is 0.223 e. The van der Waals surface area contributed by atoms with Crippen molar-refractivity contribution in [3.8, 4) is 0 Å². The van der Waals surface area contributed by atoms with Gasteiger partial charge in [-0.05, 0) is 38.0 Å². The third kappa shape index (κ3) is 3.11. The van der Waals surface area contributed by atoms with Crippen LogP contribution in [0.4, 0.5) is 4.39 Å². The Morgan fingerprint density at radius 2 is 2.28 bits per heavy atom. The molecule has 0 bridgehead atoms. The predicted molar refractivity (Wildman–Crippen MR) is 89.2 cm³/mol. The number of fused-ring (bicyclic) bond motifs is 1. The van der Waals surface area contributed by atoms with Gasteiger partial charge in [0.25, 0.3) is 0 Å². The summed E-state index contributed by atoms with van der Waals surface area (Å²) in [5.74, 6) is 1.89. The second-order valence-electron chi connectivity index (χ2n) is 6.37. The largest absolute Gasteiger partial charge is 0.340 e. The average molecular weight is 342 g/mol. The van der Waals surface area contributed by atoms with E-state index in [-0.39, 0.29) is 17.8 Å². The van der Waals surface area contributed by atoms with Crippen molar-refractivity contribution >= 4 is 16.9 Å². The van der Waals surface area contributed by atoms with E-state index in [1.165, 1.54) is 12.1 Å². The Morgan fingerprint density at radius 1 is 1.40 bits per heavy atom. The lowest BCUT2D eigenvalue weighted by Gasteiger charge is -2.23. The molecule has 1 saturated heterocycles. The van der Waals surface area contributed by atoms with Gasteiger partial charge in [-0.3, -0.25) is 9.89 Å². The fourth-order valence-corrected chi connectivity index (χ4v) is 3.37. The summed E-state index contributed by atoms with van der Waals surface area (Å²) in [6, 6.07) is 4.39. The maximum absolute atomic E-state index is 13.4. The van der Waals surface area contributed by atoms with Crippen molar-refractivity contribution in [2.24, 2.45) is 0 Å². The molecule has 1 aliphatic heterocycles. The molecule has 4 rings (SSSR count). The van der Waals surface area contributed by atoms with E-state index in [9.17, 15) is 9.18 Å². The van der Waals surface area contributed by atoms with Crippen molar-refractivity contribution in [2.45, 2.75) is 38.6 Å². The Labute approximate surface area is 143 Å². The number of halogens is 1. The van der Waals surface area contributed by atoms with Gasteiger partial charge in [0.2, 0.25) is 5.91 Å². The molecule has 1 fully saturated rings. The Hall–Kier alpha value is -2.77. The number of hydrogen-bond acceptors (Lipinski definition) is 4. The van der Waals surface area contributed by atoms with Crippen molar-refractivity contribution < 1.29 is 9.18 Å². The van der Waals surface area contributed by atoms with Crippen LogP contribution in [0.2, 0.25) is 0 Å². The molecule has 130 valence electrons. The maximum atomic E-state index is 13.4. The van der Waals surface area contributed by atoms with Gasteiger partial charge in [-0.2, -0.15) is 5.10 Å². The number of H-pyrrole nitrogens is 2. The molecule has 1 unspecified atom stereocenters. The highest BCUT2D eigenvalue weighted by Gasteiger charge is 2.31. The molecule has 1 aliphatic rings. The first-order chi connectivity index (χ1) is 12.1. The number of rotatable bonds is 4. The van der Waals surface area contributed by atoms with Gasteiger partial charge in [0.15, 0.2) is 5.82 Å². The van der Waals surface area contributed by atoms with Crippen LogP contribution in [0.5, 0.6) is 0 Å². The zero-order valence-corrected chi connectivity index (χ0v) is 13.9. The normalized spacial score (nSPS) is 17.5. The van der Waals surface area contributed by atoms with E-state index < -0.39 is 0 Å². The summed E-state index contributed by atoms with van der Waals surface area (Å²) in [4.78, 5) is 26.4. The topological polar surface area (TPSA) is 90.6 Å². The van der Waals surface area contributed by atoms with Crippen LogP contribution in [0.3, 0.4) is 0 Å². The SMILES string of the molecule is Cc1nc(CCC(=O)N2CCCC2c2nc3ccc(F)cc3[nH]2)n[nH]1. The lowest BCUT2D eigenvalue weighted by Crippen LogP contribution is -2.31. The van der Waals surface area contributed by atoms with E-state index in [1.54, 1.807) is 6.07 Å². The molecule has 2 aromatic heterocycles. The van der Waals surface area contributed by atoms with E-state index in [0.29, 0.717) is 36.2 Å². The quantitative estimate of drug-likeness (QED) is 0.762.